The van der Waals surface area contributed by atoms with E-state index in [-0.39, 0.29) is 0 Å². The van der Waals surface area contributed by atoms with E-state index in [0.717, 1.165) is 30.3 Å². The lowest BCUT2D eigenvalue weighted by Gasteiger charge is -2.08. The highest BCUT2D eigenvalue weighted by atomic mass is 16.5. The third-order valence-corrected chi connectivity index (χ3v) is 2.66. The predicted octanol–water partition coefficient (Wildman–Crippen LogP) is 3.87. The minimum absolute atomic E-state index is 0.796. The number of benzene rings is 1. The third kappa shape index (κ3) is 3.23. The fourth-order valence-corrected chi connectivity index (χ4v) is 1.68. The molecule has 18 heavy (non-hydrogen) atoms. The van der Waals surface area contributed by atoms with Crippen molar-refractivity contribution in [3.8, 4) is 11.5 Å². The quantitative estimate of drug-likeness (QED) is 0.864. The maximum atomic E-state index is 5.78. The smallest absolute Gasteiger partial charge is 0.132 e. The number of nitrogens with one attached hydrogen (secondary N) is 1. The summed E-state index contributed by atoms with van der Waals surface area (Å²) in [5.41, 5.74) is 1.31. The van der Waals surface area contributed by atoms with Crippen LogP contribution in [0, 0.1) is 0 Å². The van der Waals surface area contributed by atoms with E-state index >= 15 is 0 Å². The molecule has 1 heterocycles. The van der Waals surface area contributed by atoms with Gasteiger partial charge in [0.05, 0.1) is 0 Å². The molecule has 0 saturated carbocycles. The van der Waals surface area contributed by atoms with Gasteiger partial charge in [-0.3, -0.25) is 0 Å². The van der Waals surface area contributed by atoms with E-state index in [0.29, 0.717) is 0 Å². The van der Waals surface area contributed by atoms with Crippen LogP contribution in [0.25, 0.3) is 0 Å². The van der Waals surface area contributed by atoms with Crippen LogP contribution in [0.4, 0.5) is 5.82 Å². The minimum Gasteiger partial charge on any atom is -0.457 e. The van der Waals surface area contributed by atoms with E-state index in [9.17, 15) is 0 Å². The van der Waals surface area contributed by atoms with E-state index in [1.807, 2.05) is 31.2 Å². The Kier molecular flexibility index (Phi) is 4.18. The average molecular weight is 242 g/mol. The molecule has 1 N–H and O–H groups in total. The average Bonchev–Trinajstić information content (AvgIpc) is 2.40. The lowest BCUT2D eigenvalue weighted by Crippen LogP contribution is -1.98. The van der Waals surface area contributed by atoms with E-state index in [1.54, 1.807) is 6.20 Å². The topological polar surface area (TPSA) is 34.1 Å². The summed E-state index contributed by atoms with van der Waals surface area (Å²) in [6.45, 7) is 5.03. The number of ether oxygens (including phenoxy) is 1. The zero-order valence-corrected chi connectivity index (χ0v) is 10.8. The monoisotopic (exact) mass is 242 g/mol. The van der Waals surface area contributed by atoms with Gasteiger partial charge in [0, 0.05) is 18.8 Å². The molecule has 94 valence electrons. The van der Waals surface area contributed by atoms with Crippen LogP contribution in [-0.4, -0.2) is 11.5 Å². The summed E-state index contributed by atoms with van der Waals surface area (Å²) in [4.78, 5) is 4.21. The number of nitrogens with zero attached hydrogens (tertiary/aromatic N) is 1. The highest BCUT2D eigenvalue weighted by Gasteiger charge is 1.99. The molecule has 0 saturated heterocycles. The van der Waals surface area contributed by atoms with Crippen LogP contribution in [0.3, 0.4) is 0 Å². The maximum absolute atomic E-state index is 5.78. The first-order valence-electron chi connectivity index (χ1n) is 6.28. The largest absolute Gasteiger partial charge is 0.457 e. The van der Waals surface area contributed by atoms with Gasteiger partial charge in [0.2, 0.25) is 0 Å². The van der Waals surface area contributed by atoms with Crippen molar-refractivity contribution < 1.29 is 4.74 Å². The molecule has 0 bridgehead atoms. The minimum atomic E-state index is 0.796. The molecule has 0 radical (unpaired) electrons. The number of hydrogen-bond donors (Lipinski definition) is 1. The molecule has 1 aromatic heterocycles. The van der Waals surface area contributed by atoms with Crippen LogP contribution in [0.2, 0.25) is 0 Å². The molecule has 0 aliphatic carbocycles. The van der Waals surface area contributed by atoms with Gasteiger partial charge in [-0.15, -0.1) is 0 Å². The first-order valence-corrected chi connectivity index (χ1v) is 6.28. The Labute approximate surface area is 108 Å². The Morgan fingerprint density at radius 3 is 2.50 bits per heavy atom. The second-order valence-electron chi connectivity index (χ2n) is 4.01. The number of hydrogen-bond acceptors (Lipinski definition) is 3. The Bertz CT molecular complexity index is 494. The Hall–Kier alpha value is -2.03. The fourth-order valence-electron chi connectivity index (χ4n) is 1.68. The van der Waals surface area contributed by atoms with Gasteiger partial charge in [0.15, 0.2) is 0 Å². The van der Waals surface area contributed by atoms with Crippen molar-refractivity contribution in [1.29, 1.82) is 0 Å². The lowest BCUT2D eigenvalue weighted by molar-refractivity contribution is 0.482. The summed E-state index contributed by atoms with van der Waals surface area (Å²) in [6.07, 6.45) is 2.79. The van der Waals surface area contributed by atoms with Crippen LogP contribution < -0.4 is 10.1 Å². The van der Waals surface area contributed by atoms with Crippen LogP contribution in [0.5, 0.6) is 11.5 Å². The summed E-state index contributed by atoms with van der Waals surface area (Å²) < 4.78 is 5.78. The molecule has 0 atom stereocenters. The summed E-state index contributed by atoms with van der Waals surface area (Å²) in [5, 5.41) is 3.16. The molecular weight excluding hydrogens is 224 g/mol. The Balaban J connectivity index is 2.09. The van der Waals surface area contributed by atoms with Crippen molar-refractivity contribution in [2.24, 2.45) is 0 Å². The molecule has 2 aromatic rings. The molecule has 0 unspecified atom stereocenters. The van der Waals surface area contributed by atoms with Gasteiger partial charge in [-0.05, 0) is 37.1 Å². The summed E-state index contributed by atoms with van der Waals surface area (Å²) in [6, 6.07) is 11.9. The second-order valence-corrected chi connectivity index (χ2v) is 4.01. The zero-order chi connectivity index (χ0) is 12.8. The second kappa shape index (κ2) is 6.05. The Morgan fingerprint density at radius 2 is 1.83 bits per heavy atom. The molecule has 1 aromatic carbocycles. The molecule has 2 rings (SSSR count). The van der Waals surface area contributed by atoms with Crippen molar-refractivity contribution in [1.82, 2.24) is 4.98 Å². The number of aromatic nitrogens is 1. The van der Waals surface area contributed by atoms with Gasteiger partial charge in [-0.2, -0.15) is 0 Å². The van der Waals surface area contributed by atoms with Crippen LogP contribution >= 0.6 is 0 Å². The highest BCUT2D eigenvalue weighted by Crippen LogP contribution is 2.23. The van der Waals surface area contributed by atoms with Crippen LogP contribution in [0.15, 0.2) is 42.6 Å². The van der Waals surface area contributed by atoms with Gasteiger partial charge in [0.1, 0.15) is 17.3 Å². The van der Waals surface area contributed by atoms with Gasteiger partial charge in [-0.25, -0.2) is 4.98 Å². The molecule has 0 amide bonds. The van der Waals surface area contributed by atoms with E-state index in [4.69, 9.17) is 4.74 Å². The standard InChI is InChI=1S/C15H18N2O/c1-3-12-5-7-13(8-6-12)18-14-9-10-17-15(11-14)16-4-2/h5-11H,3-4H2,1-2H3,(H,16,17). The van der Waals surface area contributed by atoms with E-state index < -0.39 is 0 Å². The SMILES string of the molecule is CCNc1cc(Oc2ccc(CC)cc2)ccn1. The number of anilines is 1. The summed E-state index contributed by atoms with van der Waals surface area (Å²) in [7, 11) is 0. The molecule has 0 aliphatic rings. The predicted molar refractivity (Wildman–Crippen MR) is 74.3 cm³/mol. The lowest BCUT2D eigenvalue weighted by atomic mass is 10.2. The molecule has 3 heteroatoms. The first kappa shape index (κ1) is 12.4. The zero-order valence-electron chi connectivity index (χ0n) is 10.8. The summed E-state index contributed by atoms with van der Waals surface area (Å²) in [5.74, 6) is 2.48. The van der Waals surface area contributed by atoms with Crippen molar-refractivity contribution in [2.75, 3.05) is 11.9 Å². The van der Waals surface area contributed by atoms with E-state index in [2.05, 4.69) is 29.4 Å². The molecule has 3 nitrogen and oxygen atoms in total. The number of rotatable bonds is 5. The van der Waals surface area contributed by atoms with Crippen molar-refractivity contribution in [3.63, 3.8) is 0 Å². The Morgan fingerprint density at radius 1 is 1.06 bits per heavy atom. The van der Waals surface area contributed by atoms with Crippen LogP contribution in [-0.2, 0) is 6.42 Å². The molecular formula is C15H18N2O. The maximum Gasteiger partial charge on any atom is 0.132 e. The third-order valence-electron chi connectivity index (χ3n) is 2.66. The fraction of sp³-hybridized carbons (Fsp3) is 0.267. The van der Waals surface area contributed by atoms with Gasteiger partial charge in [-0.1, -0.05) is 19.1 Å². The van der Waals surface area contributed by atoms with Crippen molar-refractivity contribution >= 4 is 5.82 Å². The highest BCUT2D eigenvalue weighted by molar-refractivity contribution is 5.42. The van der Waals surface area contributed by atoms with Crippen molar-refractivity contribution in [2.45, 2.75) is 20.3 Å². The molecule has 0 spiro atoms. The molecule has 0 fully saturated rings. The van der Waals surface area contributed by atoms with Crippen LogP contribution in [0.1, 0.15) is 19.4 Å². The van der Waals surface area contributed by atoms with Gasteiger partial charge < -0.3 is 10.1 Å². The van der Waals surface area contributed by atoms with E-state index in [1.165, 1.54) is 5.56 Å². The van der Waals surface area contributed by atoms with Crippen molar-refractivity contribution in [3.05, 3.63) is 48.2 Å². The van der Waals surface area contributed by atoms with Gasteiger partial charge >= 0.3 is 0 Å². The molecule has 0 aliphatic heterocycles. The summed E-state index contributed by atoms with van der Waals surface area (Å²) >= 11 is 0. The van der Waals surface area contributed by atoms with Gasteiger partial charge in [0.25, 0.3) is 0 Å². The number of pyridine rings is 1. The number of aryl methyl sites for hydroxylation is 1. The normalized spacial score (nSPS) is 10.1. The first-order chi connectivity index (χ1) is 8.81.